The van der Waals surface area contributed by atoms with Crippen molar-refractivity contribution >= 4 is 5.82 Å². The Morgan fingerprint density at radius 2 is 2.17 bits per heavy atom. The Kier molecular flexibility index (Phi) is 4.53. The largest absolute Gasteiger partial charge is 0.369 e. The Bertz CT molecular complexity index is 359. The van der Waals surface area contributed by atoms with Crippen LogP contribution in [0, 0.1) is 5.92 Å². The molecular formula is C14H24N4. The molecule has 0 saturated heterocycles. The average Bonchev–Trinajstić information content (AvgIpc) is 3.21. The first-order valence-electron chi connectivity index (χ1n) is 6.95. The van der Waals surface area contributed by atoms with Crippen LogP contribution in [0.25, 0.3) is 0 Å². The van der Waals surface area contributed by atoms with E-state index in [9.17, 15) is 0 Å². The van der Waals surface area contributed by atoms with Gasteiger partial charge in [-0.3, -0.25) is 9.88 Å². The molecule has 1 aliphatic carbocycles. The molecule has 0 spiro atoms. The Morgan fingerprint density at radius 3 is 2.72 bits per heavy atom. The summed E-state index contributed by atoms with van der Waals surface area (Å²) in [6, 6.07) is 0.657. The van der Waals surface area contributed by atoms with E-state index in [0.29, 0.717) is 6.04 Å². The molecule has 0 radical (unpaired) electrons. The van der Waals surface area contributed by atoms with Crippen molar-refractivity contribution in [1.82, 2.24) is 14.9 Å². The zero-order valence-corrected chi connectivity index (χ0v) is 11.7. The molecule has 0 aliphatic heterocycles. The fraction of sp³-hybridized carbons (Fsp3) is 0.714. The normalized spacial score (nSPS) is 16.9. The molecule has 1 fully saturated rings. The molecule has 0 bridgehead atoms. The lowest BCUT2D eigenvalue weighted by Gasteiger charge is -2.23. The van der Waals surface area contributed by atoms with E-state index in [0.717, 1.165) is 36.9 Å². The van der Waals surface area contributed by atoms with Crippen molar-refractivity contribution in [2.75, 3.05) is 18.9 Å². The van der Waals surface area contributed by atoms with Crippen molar-refractivity contribution in [3.8, 4) is 0 Å². The van der Waals surface area contributed by atoms with Crippen LogP contribution in [0.4, 0.5) is 5.82 Å². The number of nitrogens with one attached hydrogen (secondary N) is 1. The minimum absolute atomic E-state index is 0.657. The van der Waals surface area contributed by atoms with Gasteiger partial charge in [0.1, 0.15) is 5.82 Å². The molecule has 18 heavy (non-hydrogen) atoms. The number of hydrogen-bond acceptors (Lipinski definition) is 4. The van der Waals surface area contributed by atoms with E-state index in [4.69, 9.17) is 0 Å². The van der Waals surface area contributed by atoms with Crippen molar-refractivity contribution in [1.29, 1.82) is 0 Å². The van der Waals surface area contributed by atoms with Gasteiger partial charge in [0.05, 0.1) is 18.1 Å². The molecule has 1 aromatic rings. The first kappa shape index (κ1) is 13.3. The average molecular weight is 248 g/mol. The summed E-state index contributed by atoms with van der Waals surface area (Å²) < 4.78 is 0. The molecule has 1 aromatic heterocycles. The number of anilines is 1. The van der Waals surface area contributed by atoms with Gasteiger partial charge in [0, 0.05) is 19.1 Å². The zero-order chi connectivity index (χ0) is 13.0. The predicted molar refractivity (Wildman–Crippen MR) is 74.5 cm³/mol. The van der Waals surface area contributed by atoms with Gasteiger partial charge in [0.2, 0.25) is 0 Å². The summed E-state index contributed by atoms with van der Waals surface area (Å²) in [5, 5.41) is 3.24. The summed E-state index contributed by atoms with van der Waals surface area (Å²) in [7, 11) is 2.17. The van der Waals surface area contributed by atoms with Crippen LogP contribution in [0.2, 0.25) is 0 Å². The van der Waals surface area contributed by atoms with Crippen molar-refractivity contribution in [2.24, 2.45) is 5.92 Å². The van der Waals surface area contributed by atoms with Gasteiger partial charge in [0.25, 0.3) is 0 Å². The van der Waals surface area contributed by atoms with E-state index in [1.807, 2.05) is 12.4 Å². The van der Waals surface area contributed by atoms with Gasteiger partial charge in [-0.05, 0) is 39.2 Å². The van der Waals surface area contributed by atoms with Crippen LogP contribution < -0.4 is 5.32 Å². The maximum atomic E-state index is 4.47. The van der Waals surface area contributed by atoms with Crippen LogP contribution in [0.1, 0.15) is 38.8 Å². The number of aromatic nitrogens is 2. The van der Waals surface area contributed by atoms with Gasteiger partial charge in [-0.2, -0.15) is 0 Å². The van der Waals surface area contributed by atoms with E-state index in [2.05, 4.69) is 41.1 Å². The first-order valence-corrected chi connectivity index (χ1v) is 6.95. The van der Waals surface area contributed by atoms with Gasteiger partial charge >= 0.3 is 0 Å². The SMILES string of the molecule is CCCNc1cnc(CN(C)C(C)C2CC2)cn1. The highest BCUT2D eigenvalue weighted by molar-refractivity contribution is 5.30. The van der Waals surface area contributed by atoms with Gasteiger partial charge in [-0.15, -0.1) is 0 Å². The number of nitrogens with zero attached hydrogens (tertiary/aromatic N) is 3. The maximum Gasteiger partial charge on any atom is 0.144 e. The Balaban J connectivity index is 1.85. The smallest absolute Gasteiger partial charge is 0.144 e. The highest BCUT2D eigenvalue weighted by Crippen LogP contribution is 2.34. The summed E-state index contributed by atoms with van der Waals surface area (Å²) in [4.78, 5) is 11.2. The Labute approximate surface area is 110 Å². The molecule has 1 aliphatic rings. The van der Waals surface area contributed by atoms with Crippen LogP contribution >= 0.6 is 0 Å². The van der Waals surface area contributed by atoms with Crippen LogP contribution in [-0.4, -0.2) is 34.5 Å². The molecule has 0 aromatic carbocycles. The van der Waals surface area contributed by atoms with E-state index >= 15 is 0 Å². The predicted octanol–water partition coefficient (Wildman–Crippen LogP) is 2.53. The third-order valence-electron chi connectivity index (χ3n) is 3.67. The molecule has 2 rings (SSSR count). The molecule has 1 N–H and O–H groups in total. The van der Waals surface area contributed by atoms with Crippen LogP contribution in [0.5, 0.6) is 0 Å². The molecule has 4 nitrogen and oxygen atoms in total. The van der Waals surface area contributed by atoms with Gasteiger partial charge in [-0.25, -0.2) is 4.98 Å². The minimum atomic E-state index is 0.657. The summed E-state index contributed by atoms with van der Waals surface area (Å²) >= 11 is 0. The molecule has 1 heterocycles. The summed E-state index contributed by atoms with van der Waals surface area (Å²) in [5.41, 5.74) is 1.05. The third-order valence-corrected chi connectivity index (χ3v) is 3.67. The van der Waals surface area contributed by atoms with Crippen LogP contribution in [0.3, 0.4) is 0 Å². The van der Waals surface area contributed by atoms with Crippen LogP contribution in [0.15, 0.2) is 12.4 Å². The second-order valence-corrected chi connectivity index (χ2v) is 5.31. The first-order chi connectivity index (χ1) is 8.70. The van der Waals surface area contributed by atoms with E-state index in [1.165, 1.54) is 12.8 Å². The van der Waals surface area contributed by atoms with E-state index < -0.39 is 0 Å². The molecule has 100 valence electrons. The van der Waals surface area contributed by atoms with E-state index in [-0.39, 0.29) is 0 Å². The molecule has 1 saturated carbocycles. The molecule has 1 unspecified atom stereocenters. The number of rotatable bonds is 7. The fourth-order valence-electron chi connectivity index (χ4n) is 2.12. The number of hydrogen-bond donors (Lipinski definition) is 1. The third kappa shape index (κ3) is 3.67. The lowest BCUT2D eigenvalue weighted by atomic mass is 10.2. The molecule has 4 heteroatoms. The van der Waals surface area contributed by atoms with Crippen molar-refractivity contribution in [2.45, 2.75) is 45.7 Å². The van der Waals surface area contributed by atoms with Crippen molar-refractivity contribution in [3.05, 3.63) is 18.1 Å². The Hall–Kier alpha value is -1.16. The second kappa shape index (κ2) is 6.14. The van der Waals surface area contributed by atoms with Gasteiger partial charge < -0.3 is 5.32 Å². The molecule has 0 amide bonds. The van der Waals surface area contributed by atoms with Gasteiger partial charge in [-0.1, -0.05) is 6.92 Å². The lowest BCUT2D eigenvalue weighted by Crippen LogP contribution is -2.30. The summed E-state index contributed by atoms with van der Waals surface area (Å²) in [5.74, 6) is 1.77. The van der Waals surface area contributed by atoms with Gasteiger partial charge in [0.15, 0.2) is 0 Å². The highest BCUT2D eigenvalue weighted by Gasteiger charge is 2.30. The zero-order valence-electron chi connectivity index (χ0n) is 11.7. The molecular weight excluding hydrogens is 224 g/mol. The van der Waals surface area contributed by atoms with Crippen molar-refractivity contribution < 1.29 is 0 Å². The van der Waals surface area contributed by atoms with E-state index in [1.54, 1.807) is 0 Å². The summed E-state index contributed by atoms with van der Waals surface area (Å²) in [6.07, 6.45) is 7.59. The monoisotopic (exact) mass is 248 g/mol. The quantitative estimate of drug-likeness (QED) is 0.805. The molecule has 1 atom stereocenters. The minimum Gasteiger partial charge on any atom is -0.369 e. The summed E-state index contributed by atoms with van der Waals surface area (Å²) in [6.45, 7) is 6.29. The lowest BCUT2D eigenvalue weighted by molar-refractivity contribution is 0.224. The Morgan fingerprint density at radius 1 is 1.39 bits per heavy atom. The highest BCUT2D eigenvalue weighted by atomic mass is 15.1. The fourth-order valence-corrected chi connectivity index (χ4v) is 2.12. The second-order valence-electron chi connectivity index (χ2n) is 5.31. The topological polar surface area (TPSA) is 41.1 Å². The van der Waals surface area contributed by atoms with Crippen LogP contribution in [-0.2, 0) is 6.54 Å². The maximum absolute atomic E-state index is 4.47. The standard InChI is InChI=1S/C14H24N4/c1-4-7-15-14-9-16-13(8-17-14)10-18(3)11(2)12-5-6-12/h8-9,11-12H,4-7,10H2,1-3H3,(H,15,17). The van der Waals surface area contributed by atoms with Crippen molar-refractivity contribution in [3.63, 3.8) is 0 Å².